The van der Waals surface area contributed by atoms with Crippen LogP contribution in [0, 0.1) is 0 Å². The standard InChI is InChI=1S/C56H37N5/c1-6-16-41(17-7-1)50-37-48-36-47(34-35-49(48)53-51(42-18-8-2-9-19-42)52(60-61(50)53)43-20-10-3-11-21-43)40-28-26-38(27-29-40)39-30-32-46(33-31-39)56-58-54(44-22-12-4-13-23-44)57-55(59-56)45-24-14-5-15-25-45/h1-37H. The molecule has 0 bridgehead atoms. The lowest BCUT2D eigenvalue weighted by atomic mass is 9.94. The van der Waals surface area contributed by atoms with Gasteiger partial charge in [-0.25, -0.2) is 19.5 Å². The summed E-state index contributed by atoms with van der Waals surface area (Å²) in [6, 6.07) is 78.3. The van der Waals surface area contributed by atoms with E-state index < -0.39 is 0 Å². The molecule has 0 N–H and O–H groups in total. The Hall–Kier alpha value is -8.28. The molecule has 286 valence electrons. The first-order valence-corrected chi connectivity index (χ1v) is 20.5. The summed E-state index contributed by atoms with van der Waals surface area (Å²) in [6.07, 6.45) is 0. The van der Waals surface area contributed by atoms with E-state index in [1.165, 1.54) is 0 Å². The second-order valence-corrected chi connectivity index (χ2v) is 15.1. The van der Waals surface area contributed by atoms with Gasteiger partial charge in [0.2, 0.25) is 0 Å². The molecule has 0 aliphatic heterocycles. The molecule has 0 fully saturated rings. The molecule has 3 aromatic heterocycles. The first-order chi connectivity index (χ1) is 30.2. The molecule has 0 aliphatic rings. The molecule has 0 unspecified atom stereocenters. The molecule has 11 aromatic rings. The molecule has 3 heterocycles. The van der Waals surface area contributed by atoms with Crippen LogP contribution in [-0.4, -0.2) is 24.6 Å². The normalized spacial score (nSPS) is 11.3. The molecule has 5 heteroatoms. The van der Waals surface area contributed by atoms with Gasteiger partial charge < -0.3 is 0 Å². The van der Waals surface area contributed by atoms with Gasteiger partial charge >= 0.3 is 0 Å². The number of hydrogen-bond acceptors (Lipinski definition) is 4. The molecular weight excluding hydrogens is 743 g/mol. The molecular formula is C56H37N5. The van der Waals surface area contributed by atoms with Crippen LogP contribution in [0.15, 0.2) is 224 Å². The minimum Gasteiger partial charge on any atom is -0.231 e. The highest BCUT2D eigenvalue weighted by atomic mass is 15.2. The predicted molar refractivity (Wildman–Crippen MR) is 250 cm³/mol. The molecule has 0 radical (unpaired) electrons. The summed E-state index contributed by atoms with van der Waals surface area (Å²) in [4.78, 5) is 14.7. The molecule has 61 heavy (non-hydrogen) atoms. The van der Waals surface area contributed by atoms with Crippen molar-refractivity contribution in [3.63, 3.8) is 0 Å². The summed E-state index contributed by atoms with van der Waals surface area (Å²) in [5, 5.41) is 7.68. The van der Waals surface area contributed by atoms with Gasteiger partial charge in [-0.05, 0) is 45.3 Å². The van der Waals surface area contributed by atoms with Crippen molar-refractivity contribution in [2.24, 2.45) is 0 Å². The number of nitrogens with zero attached hydrogens (tertiary/aromatic N) is 5. The minimum atomic E-state index is 0.640. The van der Waals surface area contributed by atoms with Gasteiger partial charge in [-0.2, -0.15) is 5.10 Å². The highest BCUT2D eigenvalue weighted by Crippen LogP contribution is 2.42. The Kier molecular flexibility index (Phi) is 9.10. The Morgan fingerprint density at radius 1 is 0.295 bits per heavy atom. The lowest BCUT2D eigenvalue weighted by molar-refractivity contribution is 0.979. The zero-order valence-corrected chi connectivity index (χ0v) is 33.1. The number of aromatic nitrogens is 5. The lowest BCUT2D eigenvalue weighted by Crippen LogP contribution is -2.00. The van der Waals surface area contributed by atoms with E-state index in [-0.39, 0.29) is 0 Å². The Balaban J connectivity index is 0.965. The van der Waals surface area contributed by atoms with Crippen LogP contribution in [0.4, 0.5) is 0 Å². The van der Waals surface area contributed by atoms with E-state index in [1.807, 2.05) is 60.7 Å². The smallest absolute Gasteiger partial charge is 0.164 e. The van der Waals surface area contributed by atoms with E-state index in [0.29, 0.717) is 17.5 Å². The Morgan fingerprint density at radius 3 is 1.16 bits per heavy atom. The zero-order chi connectivity index (χ0) is 40.5. The van der Waals surface area contributed by atoms with Crippen LogP contribution in [0.2, 0.25) is 0 Å². The van der Waals surface area contributed by atoms with Gasteiger partial charge in [-0.3, -0.25) is 0 Å². The number of hydrogen-bond donors (Lipinski definition) is 0. The SMILES string of the molecule is c1ccc(-c2nc(-c3ccccc3)nc(-c3ccc(-c4ccc(-c5ccc6c(c5)cc(-c5ccccc5)n5nc(-c7ccccc7)c(-c7ccccc7)c65)cc4)cc3)n2)cc1. The predicted octanol–water partition coefficient (Wildman–Crippen LogP) is 14.0. The maximum Gasteiger partial charge on any atom is 0.164 e. The van der Waals surface area contributed by atoms with Crippen LogP contribution in [-0.2, 0) is 0 Å². The van der Waals surface area contributed by atoms with Crippen LogP contribution >= 0.6 is 0 Å². The van der Waals surface area contributed by atoms with Gasteiger partial charge in [0.1, 0.15) is 5.69 Å². The van der Waals surface area contributed by atoms with E-state index in [2.05, 4.69) is 168 Å². The van der Waals surface area contributed by atoms with Crippen molar-refractivity contribution < 1.29 is 0 Å². The molecule has 0 spiro atoms. The summed E-state index contributed by atoms with van der Waals surface area (Å²) in [6.45, 7) is 0. The molecule has 0 saturated heterocycles. The topological polar surface area (TPSA) is 56.0 Å². The average molecular weight is 780 g/mol. The van der Waals surface area contributed by atoms with E-state index in [9.17, 15) is 0 Å². The van der Waals surface area contributed by atoms with Crippen molar-refractivity contribution in [2.45, 2.75) is 0 Å². The molecule has 5 nitrogen and oxygen atoms in total. The van der Waals surface area contributed by atoms with Crippen LogP contribution in [0.5, 0.6) is 0 Å². The number of rotatable bonds is 8. The molecule has 11 rings (SSSR count). The van der Waals surface area contributed by atoms with E-state index in [4.69, 9.17) is 20.1 Å². The van der Waals surface area contributed by atoms with Crippen LogP contribution in [0.3, 0.4) is 0 Å². The third-order valence-corrected chi connectivity index (χ3v) is 11.3. The third kappa shape index (κ3) is 6.84. The van der Waals surface area contributed by atoms with Crippen molar-refractivity contribution in [1.82, 2.24) is 24.6 Å². The minimum absolute atomic E-state index is 0.640. The summed E-state index contributed by atoms with van der Waals surface area (Å²) >= 11 is 0. The fourth-order valence-corrected chi connectivity index (χ4v) is 8.22. The Morgan fingerprint density at radius 2 is 0.672 bits per heavy atom. The van der Waals surface area contributed by atoms with Crippen LogP contribution in [0.25, 0.3) is 106 Å². The summed E-state index contributed by atoms with van der Waals surface area (Å²) < 4.78 is 2.15. The highest BCUT2D eigenvalue weighted by molar-refractivity contribution is 6.09. The van der Waals surface area contributed by atoms with Crippen molar-refractivity contribution in [3.8, 4) is 90.1 Å². The summed E-state index contributed by atoms with van der Waals surface area (Å²) in [5.41, 5.74) is 15.0. The van der Waals surface area contributed by atoms with Crippen molar-refractivity contribution in [3.05, 3.63) is 224 Å². The first kappa shape index (κ1) is 35.8. The fraction of sp³-hybridized carbons (Fsp3) is 0. The zero-order valence-electron chi connectivity index (χ0n) is 33.1. The van der Waals surface area contributed by atoms with Crippen molar-refractivity contribution in [2.75, 3.05) is 0 Å². The second kappa shape index (κ2) is 15.5. The molecule has 0 atom stereocenters. The molecule has 0 aliphatic carbocycles. The van der Waals surface area contributed by atoms with Gasteiger partial charge in [-0.15, -0.1) is 0 Å². The van der Waals surface area contributed by atoms with E-state index in [1.54, 1.807) is 0 Å². The summed E-state index contributed by atoms with van der Waals surface area (Å²) in [7, 11) is 0. The molecule has 8 aromatic carbocycles. The van der Waals surface area contributed by atoms with Crippen LogP contribution in [0.1, 0.15) is 0 Å². The van der Waals surface area contributed by atoms with Gasteiger partial charge in [0.15, 0.2) is 17.5 Å². The van der Waals surface area contributed by atoms with Gasteiger partial charge in [0.25, 0.3) is 0 Å². The maximum absolute atomic E-state index is 5.37. The second-order valence-electron chi connectivity index (χ2n) is 15.1. The molecule has 0 saturated carbocycles. The van der Waals surface area contributed by atoms with E-state index >= 15 is 0 Å². The van der Waals surface area contributed by atoms with Gasteiger partial charge in [0.05, 0.1) is 11.2 Å². The van der Waals surface area contributed by atoms with Crippen molar-refractivity contribution in [1.29, 1.82) is 0 Å². The average Bonchev–Trinajstić information content (AvgIpc) is 3.76. The van der Waals surface area contributed by atoms with Gasteiger partial charge in [0, 0.05) is 38.8 Å². The van der Waals surface area contributed by atoms with Crippen molar-refractivity contribution >= 4 is 16.3 Å². The Bertz CT molecular complexity index is 3240. The summed E-state index contributed by atoms with van der Waals surface area (Å²) in [5.74, 6) is 1.94. The van der Waals surface area contributed by atoms with E-state index in [0.717, 1.165) is 88.9 Å². The number of pyridine rings is 1. The highest BCUT2D eigenvalue weighted by Gasteiger charge is 2.22. The van der Waals surface area contributed by atoms with Crippen LogP contribution < -0.4 is 0 Å². The quantitative estimate of drug-likeness (QED) is 0.154. The third-order valence-electron chi connectivity index (χ3n) is 11.3. The number of fused-ring (bicyclic) bond motifs is 3. The fourth-order valence-electron chi connectivity index (χ4n) is 8.22. The lowest BCUT2D eigenvalue weighted by Gasteiger charge is -2.12. The Labute approximate surface area is 354 Å². The first-order valence-electron chi connectivity index (χ1n) is 20.5. The molecule has 0 amide bonds. The van der Waals surface area contributed by atoms with Gasteiger partial charge in [-0.1, -0.05) is 212 Å². The largest absolute Gasteiger partial charge is 0.231 e. The number of benzene rings is 8. The maximum atomic E-state index is 5.37. The monoisotopic (exact) mass is 779 g/mol.